The topological polar surface area (TPSA) is 57.6 Å². The second kappa shape index (κ2) is 11.6. The predicted octanol–water partition coefficient (Wildman–Crippen LogP) is 6.72. The third kappa shape index (κ3) is 6.57. The van der Waals surface area contributed by atoms with E-state index in [1.165, 1.54) is 11.8 Å². The molecule has 4 nitrogen and oxygen atoms in total. The molecule has 1 fully saturated rings. The van der Waals surface area contributed by atoms with Crippen LogP contribution in [0.5, 0.6) is 0 Å². The number of carboxylic acid groups (broad SMARTS) is 1. The van der Waals surface area contributed by atoms with E-state index in [0.29, 0.717) is 22.8 Å². The van der Waals surface area contributed by atoms with Gasteiger partial charge in [0, 0.05) is 21.4 Å². The fraction of sp³-hybridized carbons (Fsp3) is 0.107. The van der Waals surface area contributed by atoms with Gasteiger partial charge in [0.05, 0.1) is 6.54 Å². The van der Waals surface area contributed by atoms with E-state index in [0.717, 1.165) is 26.1 Å². The van der Waals surface area contributed by atoms with Crippen LogP contribution in [-0.4, -0.2) is 38.7 Å². The quantitative estimate of drug-likeness (QED) is 0.186. The van der Waals surface area contributed by atoms with E-state index in [2.05, 4.69) is 15.9 Å². The van der Waals surface area contributed by atoms with E-state index in [1.807, 2.05) is 78.9 Å². The van der Waals surface area contributed by atoms with Gasteiger partial charge in [-0.15, -0.1) is 0 Å². The van der Waals surface area contributed by atoms with Crippen molar-refractivity contribution in [3.63, 3.8) is 0 Å². The molecule has 1 saturated heterocycles. The Kier molecular flexibility index (Phi) is 8.33. The molecule has 3 aromatic rings. The van der Waals surface area contributed by atoms with Gasteiger partial charge in [-0.25, -0.2) is 4.79 Å². The largest absolute Gasteiger partial charge is 0.480 e. The van der Waals surface area contributed by atoms with E-state index in [4.69, 9.17) is 12.2 Å². The number of rotatable bonds is 8. The van der Waals surface area contributed by atoms with Crippen molar-refractivity contribution in [1.82, 2.24) is 4.90 Å². The fourth-order valence-electron chi connectivity index (χ4n) is 3.73. The first-order chi connectivity index (χ1) is 16.9. The van der Waals surface area contributed by atoms with Crippen LogP contribution in [0.4, 0.5) is 0 Å². The molecular formula is C28H22BrNO3S2. The van der Waals surface area contributed by atoms with Gasteiger partial charge in [0.1, 0.15) is 10.4 Å². The summed E-state index contributed by atoms with van der Waals surface area (Å²) in [6.07, 6.45) is 5.78. The molecule has 0 saturated carbocycles. The normalized spacial score (nSPS) is 15.6. The van der Waals surface area contributed by atoms with Gasteiger partial charge < -0.3 is 10.0 Å². The first-order valence-corrected chi connectivity index (χ1v) is 13.0. The molecule has 35 heavy (non-hydrogen) atoms. The first-order valence-electron chi connectivity index (χ1n) is 10.9. The summed E-state index contributed by atoms with van der Waals surface area (Å²) in [5.74, 6) is -0.950. The molecule has 0 radical (unpaired) electrons. The number of thioether (sulfide) groups is 1. The number of benzene rings is 3. The molecule has 7 heteroatoms. The third-order valence-corrected chi connectivity index (χ3v) is 7.64. The molecule has 0 spiro atoms. The average molecular weight is 565 g/mol. The minimum absolute atomic E-state index is 0.0666. The van der Waals surface area contributed by atoms with Crippen LogP contribution >= 0.6 is 39.9 Å². The fourth-order valence-corrected chi connectivity index (χ4v) is 5.65. The van der Waals surface area contributed by atoms with Gasteiger partial charge in [0.2, 0.25) is 0 Å². The average Bonchev–Trinajstić information content (AvgIpc) is 3.22. The smallest absolute Gasteiger partial charge is 0.326 e. The maximum Gasteiger partial charge on any atom is 0.326 e. The molecule has 1 aliphatic rings. The van der Waals surface area contributed by atoms with Crippen LogP contribution in [0.2, 0.25) is 0 Å². The number of thiocarbonyl (C=S) groups is 1. The molecule has 176 valence electrons. The number of allylic oxidation sites excluding steroid dienone is 1. The zero-order chi connectivity index (χ0) is 24.8. The maximum absolute atomic E-state index is 12.4. The Balaban J connectivity index is 1.42. The number of carbonyl (C=O) groups is 2. The highest BCUT2D eigenvalue weighted by Gasteiger charge is 2.33. The van der Waals surface area contributed by atoms with Crippen LogP contribution in [0, 0.1) is 0 Å². The molecule has 0 bridgehead atoms. The van der Waals surface area contributed by atoms with E-state index < -0.39 is 12.0 Å². The van der Waals surface area contributed by atoms with E-state index in [-0.39, 0.29) is 5.78 Å². The van der Waals surface area contributed by atoms with Crippen LogP contribution in [0.15, 0.2) is 94.3 Å². The van der Waals surface area contributed by atoms with E-state index >= 15 is 0 Å². The Bertz CT molecular complexity index is 1300. The Morgan fingerprint density at radius 1 is 1.00 bits per heavy atom. The lowest BCUT2D eigenvalue weighted by Gasteiger charge is -2.25. The van der Waals surface area contributed by atoms with Gasteiger partial charge >= 0.3 is 5.97 Å². The van der Waals surface area contributed by atoms with Gasteiger partial charge in [-0.1, -0.05) is 113 Å². The monoisotopic (exact) mass is 563 g/mol. The van der Waals surface area contributed by atoms with Crippen molar-refractivity contribution in [2.45, 2.75) is 12.5 Å². The highest BCUT2D eigenvalue weighted by molar-refractivity contribution is 9.10. The molecule has 3 aromatic carbocycles. The van der Waals surface area contributed by atoms with E-state index in [9.17, 15) is 14.7 Å². The van der Waals surface area contributed by atoms with Gasteiger partial charge in [0.15, 0.2) is 5.78 Å². The highest BCUT2D eigenvalue weighted by Crippen LogP contribution is 2.33. The number of halogens is 1. The number of hydrogen-bond acceptors (Lipinski definition) is 4. The summed E-state index contributed by atoms with van der Waals surface area (Å²) in [6, 6.07) is 24.1. The number of aliphatic carboxylic acids is 1. The molecule has 1 atom stereocenters. The highest BCUT2D eigenvalue weighted by atomic mass is 79.9. The Labute approximate surface area is 222 Å². The van der Waals surface area contributed by atoms with Gasteiger partial charge in [-0.2, -0.15) is 0 Å². The van der Waals surface area contributed by atoms with Crippen molar-refractivity contribution in [3.05, 3.63) is 117 Å². The SMILES string of the molecule is O=C(/C=C/c1ccc(/C=C2/CN([C@@H](Cc3ccccc3)C(=O)O)C(=S)S2)cc1)c1ccccc1Br. The molecular weight excluding hydrogens is 542 g/mol. The summed E-state index contributed by atoms with van der Waals surface area (Å²) in [6.45, 7) is 0.468. The van der Waals surface area contributed by atoms with Crippen molar-refractivity contribution in [2.75, 3.05) is 6.54 Å². The van der Waals surface area contributed by atoms with Gasteiger partial charge in [-0.3, -0.25) is 4.79 Å². The Morgan fingerprint density at radius 2 is 1.66 bits per heavy atom. The molecule has 0 aromatic heterocycles. The van der Waals surface area contributed by atoms with Crippen LogP contribution in [0.25, 0.3) is 12.2 Å². The Morgan fingerprint density at radius 3 is 2.34 bits per heavy atom. The number of ketones is 1. The van der Waals surface area contributed by atoms with Crippen LogP contribution < -0.4 is 0 Å². The lowest BCUT2D eigenvalue weighted by molar-refractivity contribution is -0.141. The second-order valence-electron chi connectivity index (χ2n) is 7.99. The molecule has 4 rings (SSSR count). The number of hydrogen-bond donors (Lipinski definition) is 1. The zero-order valence-corrected chi connectivity index (χ0v) is 21.9. The zero-order valence-electron chi connectivity index (χ0n) is 18.6. The van der Waals surface area contributed by atoms with Crippen molar-refractivity contribution < 1.29 is 14.7 Å². The molecule has 0 unspecified atom stereocenters. The van der Waals surface area contributed by atoms with Gasteiger partial charge in [0.25, 0.3) is 0 Å². The molecule has 1 N–H and O–H groups in total. The summed E-state index contributed by atoms with van der Waals surface area (Å²) >= 11 is 10.4. The first kappa shape index (κ1) is 25.1. The van der Waals surface area contributed by atoms with Crippen LogP contribution in [0.1, 0.15) is 27.0 Å². The second-order valence-corrected chi connectivity index (χ2v) is 10.6. The predicted molar refractivity (Wildman–Crippen MR) is 150 cm³/mol. The summed E-state index contributed by atoms with van der Waals surface area (Å²) in [4.78, 5) is 27.2. The summed E-state index contributed by atoms with van der Waals surface area (Å²) < 4.78 is 1.34. The molecule has 0 aliphatic carbocycles. The molecule has 0 amide bonds. The van der Waals surface area contributed by atoms with Crippen LogP contribution in [-0.2, 0) is 11.2 Å². The third-order valence-electron chi connectivity index (χ3n) is 5.54. The lowest BCUT2D eigenvalue weighted by Crippen LogP contribution is -2.42. The van der Waals surface area contributed by atoms with Crippen molar-refractivity contribution in [3.8, 4) is 0 Å². The lowest BCUT2D eigenvalue weighted by atomic mass is 10.0. The summed E-state index contributed by atoms with van der Waals surface area (Å²) in [5, 5.41) is 9.83. The summed E-state index contributed by atoms with van der Waals surface area (Å²) in [7, 11) is 0. The number of carboxylic acids is 1. The summed E-state index contributed by atoms with van der Waals surface area (Å²) in [5.41, 5.74) is 3.49. The maximum atomic E-state index is 12.4. The number of nitrogens with zero attached hydrogens (tertiary/aromatic N) is 1. The van der Waals surface area contributed by atoms with Gasteiger partial charge in [-0.05, 0) is 41.0 Å². The van der Waals surface area contributed by atoms with E-state index in [1.54, 1.807) is 23.1 Å². The standard InChI is InChI=1S/C28H22BrNO3S2/c29-24-9-5-4-8-23(24)26(31)15-14-19-10-12-21(13-11-19)16-22-18-30(28(34)35-22)25(27(32)33)17-20-6-2-1-3-7-20/h1-16,25H,17-18H2,(H,32,33)/b15-14+,22-16-/t25-/m0/s1. The van der Waals surface area contributed by atoms with Crippen molar-refractivity contribution >= 4 is 68.1 Å². The Hall–Kier alpha value is -3.00. The molecule has 1 heterocycles. The molecule has 1 aliphatic heterocycles. The number of carbonyl (C=O) groups excluding carboxylic acids is 1. The minimum atomic E-state index is -0.883. The minimum Gasteiger partial charge on any atom is -0.480 e. The van der Waals surface area contributed by atoms with Crippen molar-refractivity contribution in [2.24, 2.45) is 0 Å². The van der Waals surface area contributed by atoms with Crippen molar-refractivity contribution in [1.29, 1.82) is 0 Å². The van der Waals surface area contributed by atoms with Crippen LogP contribution in [0.3, 0.4) is 0 Å².